The first kappa shape index (κ1) is 15.9. The van der Waals surface area contributed by atoms with E-state index in [9.17, 15) is 4.79 Å². The minimum absolute atomic E-state index is 0.143. The van der Waals surface area contributed by atoms with Crippen molar-refractivity contribution in [1.29, 1.82) is 0 Å². The normalized spacial score (nSPS) is 10.8. The van der Waals surface area contributed by atoms with Gasteiger partial charge in [-0.05, 0) is 19.9 Å². The molecular formula is C13H24N4OS. The molecule has 1 N–H and O–H groups in total. The van der Waals surface area contributed by atoms with Gasteiger partial charge >= 0.3 is 0 Å². The van der Waals surface area contributed by atoms with Crippen molar-refractivity contribution < 1.29 is 4.79 Å². The van der Waals surface area contributed by atoms with E-state index in [1.807, 2.05) is 6.20 Å². The van der Waals surface area contributed by atoms with E-state index in [-0.39, 0.29) is 5.91 Å². The molecule has 0 saturated heterocycles. The van der Waals surface area contributed by atoms with E-state index in [2.05, 4.69) is 29.0 Å². The van der Waals surface area contributed by atoms with Crippen LogP contribution in [-0.2, 0) is 11.3 Å². The Kier molecular flexibility index (Phi) is 6.80. The van der Waals surface area contributed by atoms with Gasteiger partial charge in [0.1, 0.15) is 0 Å². The third-order valence-corrected chi connectivity index (χ3v) is 3.60. The summed E-state index contributed by atoms with van der Waals surface area (Å²) in [5, 5.41) is 4.16. The second kappa shape index (κ2) is 8.12. The average Bonchev–Trinajstić information content (AvgIpc) is 2.77. The maximum absolute atomic E-state index is 11.8. The first-order valence-corrected chi connectivity index (χ1v) is 7.49. The van der Waals surface area contributed by atoms with Crippen LogP contribution in [0.15, 0.2) is 6.20 Å². The van der Waals surface area contributed by atoms with E-state index >= 15 is 0 Å². The number of thiazole rings is 1. The molecule has 0 aliphatic heterocycles. The highest BCUT2D eigenvalue weighted by atomic mass is 32.1. The Hall–Kier alpha value is -1.14. The van der Waals surface area contributed by atoms with Crippen LogP contribution < -0.4 is 5.32 Å². The van der Waals surface area contributed by atoms with E-state index < -0.39 is 0 Å². The molecule has 0 spiro atoms. The highest BCUT2D eigenvalue weighted by molar-refractivity contribution is 7.15. The fourth-order valence-electron chi connectivity index (χ4n) is 1.70. The van der Waals surface area contributed by atoms with Gasteiger partial charge in [-0.3, -0.25) is 9.69 Å². The fraction of sp³-hybridized carbons (Fsp3) is 0.692. The highest BCUT2D eigenvalue weighted by Gasteiger charge is 2.13. The fourth-order valence-corrected chi connectivity index (χ4v) is 2.62. The second-order valence-electron chi connectivity index (χ2n) is 4.66. The maximum Gasteiger partial charge on any atom is 0.236 e. The molecule has 0 radical (unpaired) electrons. The molecular weight excluding hydrogens is 260 g/mol. The number of nitrogens with one attached hydrogen (secondary N) is 1. The zero-order valence-corrected chi connectivity index (χ0v) is 13.1. The highest BCUT2D eigenvalue weighted by Crippen LogP contribution is 2.19. The van der Waals surface area contributed by atoms with Crippen molar-refractivity contribution in [3.05, 3.63) is 11.1 Å². The second-order valence-corrected chi connectivity index (χ2v) is 5.78. The van der Waals surface area contributed by atoms with Crippen molar-refractivity contribution >= 4 is 22.4 Å². The lowest BCUT2D eigenvalue weighted by Crippen LogP contribution is -2.36. The Labute approximate surface area is 119 Å². The van der Waals surface area contributed by atoms with Gasteiger partial charge in [0.05, 0.1) is 6.54 Å². The molecule has 0 aliphatic rings. The quantitative estimate of drug-likeness (QED) is 0.792. The number of carbonyl (C=O) groups excluding carboxylic acids is 1. The molecule has 1 rings (SSSR count). The van der Waals surface area contributed by atoms with Gasteiger partial charge in [-0.1, -0.05) is 6.92 Å². The Morgan fingerprint density at radius 2 is 2.16 bits per heavy atom. The van der Waals surface area contributed by atoms with Gasteiger partial charge in [0.25, 0.3) is 0 Å². The molecule has 5 nitrogen and oxygen atoms in total. The summed E-state index contributed by atoms with van der Waals surface area (Å²) in [6.45, 7) is 7.24. The number of hydrogen-bond acceptors (Lipinski definition) is 5. The summed E-state index contributed by atoms with van der Waals surface area (Å²) in [6.07, 6.45) is 2.94. The summed E-state index contributed by atoms with van der Waals surface area (Å²) in [7, 11) is 3.59. The standard InChI is InChI=1S/C13H24N4OS/c1-5-7-17(10-12(18)16(3)4)9-11-8-15-13(19-11)14-6-2/h8H,5-7,9-10H2,1-4H3,(H,14,15). The number of hydrogen-bond donors (Lipinski definition) is 1. The number of carbonyl (C=O) groups is 1. The maximum atomic E-state index is 11.8. The van der Waals surface area contributed by atoms with Crippen molar-refractivity contribution in [1.82, 2.24) is 14.8 Å². The number of anilines is 1. The van der Waals surface area contributed by atoms with Crippen molar-refractivity contribution in [3.63, 3.8) is 0 Å². The predicted octanol–water partition coefficient (Wildman–Crippen LogP) is 1.88. The summed E-state index contributed by atoms with van der Waals surface area (Å²) < 4.78 is 0. The molecule has 0 unspecified atom stereocenters. The average molecular weight is 284 g/mol. The zero-order valence-electron chi connectivity index (χ0n) is 12.3. The van der Waals surface area contributed by atoms with E-state index in [4.69, 9.17) is 0 Å². The van der Waals surface area contributed by atoms with Crippen LogP contribution in [0.25, 0.3) is 0 Å². The van der Waals surface area contributed by atoms with E-state index in [0.717, 1.165) is 31.2 Å². The lowest BCUT2D eigenvalue weighted by atomic mass is 10.3. The van der Waals surface area contributed by atoms with Crippen LogP contribution >= 0.6 is 11.3 Å². The van der Waals surface area contributed by atoms with Crippen LogP contribution in [0.2, 0.25) is 0 Å². The first-order valence-electron chi connectivity index (χ1n) is 6.67. The minimum atomic E-state index is 0.143. The SMILES string of the molecule is CCCN(CC(=O)N(C)C)Cc1cnc(NCC)s1. The van der Waals surface area contributed by atoms with Gasteiger partial charge in [-0.15, -0.1) is 11.3 Å². The van der Waals surface area contributed by atoms with Gasteiger partial charge < -0.3 is 10.2 Å². The molecule has 0 aromatic carbocycles. The monoisotopic (exact) mass is 284 g/mol. The Morgan fingerprint density at radius 3 is 2.74 bits per heavy atom. The third kappa shape index (κ3) is 5.57. The Bertz CT molecular complexity index is 392. The largest absolute Gasteiger partial charge is 0.362 e. The van der Waals surface area contributed by atoms with Crippen LogP contribution in [0.4, 0.5) is 5.13 Å². The van der Waals surface area contributed by atoms with Gasteiger partial charge in [-0.2, -0.15) is 0 Å². The van der Waals surface area contributed by atoms with Crippen molar-refractivity contribution in [2.24, 2.45) is 0 Å². The number of rotatable bonds is 8. The summed E-state index contributed by atoms with van der Waals surface area (Å²) in [5.74, 6) is 0.143. The molecule has 1 amide bonds. The topological polar surface area (TPSA) is 48.5 Å². The molecule has 0 bridgehead atoms. The number of aromatic nitrogens is 1. The molecule has 1 heterocycles. The van der Waals surface area contributed by atoms with Gasteiger partial charge in [0.15, 0.2) is 5.13 Å². The number of amides is 1. The summed E-state index contributed by atoms with van der Waals surface area (Å²) in [6, 6.07) is 0. The van der Waals surface area contributed by atoms with Crippen LogP contribution in [0, 0.1) is 0 Å². The molecule has 1 aromatic rings. The lowest BCUT2D eigenvalue weighted by molar-refractivity contribution is -0.130. The van der Waals surface area contributed by atoms with Gasteiger partial charge in [0.2, 0.25) is 5.91 Å². The molecule has 0 saturated carbocycles. The molecule has 0 fully saturated rings. The number of likely N-dealkylation sites (N-methyl/N-ethyl adjacent to an activating group) is 1. The lowest BCUT2D eigenvalue weighted by Gasteiger charge is -2.22. The smallest absolute Gasteiger partial charge is 0.236 e. The van der Waals surface area contributed by atoms with E-state index in [0.29, 0.717) is 6.54 Å². The molecule has 19 heavy (non-hydrogen) atoms. The first-order chi connectivity index (χ1) is 9.06. The van der Waals surface area contributed by atoms with Crippen molar-refractivity contribution in [3.8, 4) is 0 Å². The molecule has 0 atom stereocenters. The third-order valence-electron chi connectivity index (χ3n) is 2.66. The molecule has 0 aliphatic carbocycles. The molecule has 6 heteroatoms. The van der Waals surface area contributed by atoms with E-state index in [1.165, 1.54) is 4.88 Å². The summed E-state index contributed by atoms with van der Waals surface area (Å²) in [5.41, 5.74) is 0. The van der Waals surface area contributed by atoms with Gasteiger partial charge in [0, 0.05) is 38.3 Å². The van der Waals surface area contributed by atoms with Gasteiger partial charge in [-0.25, -0.2) is 4.98 Å². The minimum Gasteiger partial charge on any atom is -0.362 e. The Morgan fingerprint density at radius 1 is 1.42 bits per heavy atom. The van der Waals surface area contributed by atoms with Crippen LogP contribution in [0.3, 0.4) is 0 Å². The zero-order chi connectivity index (χ0) is 14.3. The van der Waals surface area contributed by atoms with Crippen molar-refractivity contribution in [2.45, 2.75) is 26.8 Å². The molecule has 1 aromatic heterocycles. The Balaban J connectivity index is 2.58. The van der Waals surface area contributed by atoms with Crippen LogP contribution in [0.1, 0.15) is 25.1 Å². The van der Waals surface area contributed by atoms with Crippen LogP contribution in [0.5, 0.6) is 0 Å². The van der Waals surface area contributed by atoms with Crippen LogP contribution in [-0.4, -0.2) is 54.4 Å². The number of nitrogens with zero attached hydrogens (tertiary/aromatic N) is 3. The van der Waals surface area contributed by atoms with E-state index in [1.54, 1.807) is 30.3 Å². The van der Waals surface area contributed by atoms with Crippen molar-refractivity contribution in [2.75, 3.05) is 39.0 Å². The summed E-state index contributed by atoms with van der Waals surface area (Å²) >= 11 is 1.66. The molecule has 108 valence electrons. The predicted molar refractivity (Wildman–Crippen MR) is 80.5 cm³/mol. The summed E-state index contributed by atoms with van der Waals surface area (Å²) in [4.78, 5) is 21.1.